The fourth-order valence-electron chi connectivity index (χ4n) is 3.80. The molecule has 0 spiro atoms. The summed E-state index contributed by atoms with van der Waals surface area (Å²) in [5.74, 6) is 2.58. The Labute approximate surface area is 142 Å². The van der Waals surface area contributed by atoms with Crippen LogP contribution in [-0.4, -0.2) is 44.3 Å². The highest BCUT2D eigenvalue weighted by atomic mass is 32.2. The van der Waals surface area contributed by atoms with Gasteiger partial charge in [-0.25, -0.2) is 0 Å². The minimum atomic E-state index is -0.509. The quantitative estimate of drug-likeness (QED) is 0.837. The molecule has 5 nitrogen and oxygen atoms in total. The van der Waals surface area contributed by atoms with E-state index in [1.165, 1.54) is 25.7 Å². The molecule has 1 N–H and O–H groups in total. The molecule has 0 aromatic carbocycles. The van der Waals surface area contributed by atoms with Gasteiger partial charge in [0, 0.05) is 24.9 Å². The summed E-state index contributed by atoms with van der Waals surface area (Å²) in [5, 5.41) is 20.8. The molecule has 23 heavy (non-hydrogen) atoms. The lowest BCUT2D eigenvalue weighted by atomic mass is 9.81. The maximum absolute atomic E-state index is 10.8. The monoisotopic (exact) mass is 336 g/mol. The van der Waals surface area contributed by atoms with Crippen LogP contribution in [0.4, 0.5) is 5.95 Å². The third-order valence-electron chi connectivity index (χ3n) is 5.62. The normalized spacial score (nSPS) is 31.7. The fourth-order valence-corrected chi connectivity index (χ4v) is 4.95. The summed E-state index contributed by atoms with van der Waals surface area (Å²) in [4.78, 5) is 2.38. The maximum atomic E-state index is 10.8. The van der Waals surface area contributed by atoms with Crippen LogP contribution >= 0.6 is 11.8 Å². The van der Waals surface area contributed by atoms with E-state index in [1.807, 2.05) is 0 Å². The molecule has 1 aromatic rings. The summed E-state index contributed by atoms with van der Waals surface area (Å²) in [6, 6.07) is 0.587. The van der Waals surface area contributed by atoms with Crippen LogP contribution in [0.25, 0.3) is 0 Å². The van der Waals surface area contributed by atoms with Gasteiger partial charge < -0.3 is 10.0 Å². The molecule has 0 unspecified atom stereocenters. The average Bonchev–Trinajstić information content (AvgIpc) is 3.08. The molecular formula is C17H28N4OS. The van der Waals surface area contributed by atoms with Gasteiger partial charge in [0.15, 0.2) is 5.16 Å². The summed E-state index contributed by atoms with van der Waals surface area (Å²) in [5.41, 5.74) is -0.509. The van der Waals surface area contributed by atoms with Gasteiger partial charge in [0.1, 0.15) is 0 Å². The van der Waals surface area contributed by atoms with E-state index in [1.54, 1.807) is 11.8 Å². The van der Waals surface area contributed by atoms with Crippen LogP contribution < -0.4 is 4.90 Å². The fraction of sp³-hybridized carbons (Fsp3) is 0.882. The number of aliphatic hydroxyl groups is 1. The highest BCUT2D eigenvalue weighted by Gasteiger charge is 2.35. The van der Waals surface area contributed by atoms with Crippen LogP contribution in [-0.2, 0) is 0 Å². The van der Waals surface area contributed by atoms with Gasteiger partial charge >= 0.3 is 0 Å². The lowest BCUT2D eigenvalue weighted by Gasteiger charge is -2.34. The van der Waals surface area contributed by atoms with Crippen molar-refractivity contribution in [1.29, 1.82) is 0 Å². The highest BCUT2D eigenvalue weighted by molar-refractivity contribution is 7.99. The van der Waals surface area contributed by atoms with E-state index in [9.17, 15) is 5.11 Å². The van der Waals surface area contributed by atoms with E-state index in [0.717, 1.165) is 61.5 Å². The molecule has 3 fully saturated rings. The zero-order chi connectivity index (χ0) is 15.9. The smallest absolute Gasteiger partial charge is 0.228 e. The molecule has 128 valence electrons. The molecule has 2 aliphatic carbocycles. The van der Waals surface area contributed by atoms with Crippen molar-refractivity contribution in [2.75, 3.05) is 23.7 Å². The Morgan fingerprint density at radius 3 is 2.48 bits per heavy atom. The van der Waals surface area contributed by atoms with Crippen molar-refractivity contribution in [2.45, 2.75) is 75.1 Å². The Bertz CT molecular complexity index is 543. The zero-order valence-corrected chi connectivity index (χ0v) is 14.9. The van der Waals surface area contributed by atoms with Crippen molar-refractivity contribution < 1.29 is 5.11 Å². The first kappa shape index (κ1) is 15.8. The summed E-state index contributed by atoms with van der Waals surface area (Å²) in [6.07, 6.45) is 9.16. The van der Waals surface area contributed by atoms with Crippen LogP contribution in [0, 0.1) is 5.92 Å². The molecule has 3 aliphatic rings. The molecule has 4 rings (SSSR count). The van der Waals surface area contributed by atoms with Crippen molar-refractivity contribution in [2.24, 2.45) is 5.92 Å². The van der Waals surface area contributed by atoms with Gasteiger partial charge in [-0.15, -0.1) is 10.2 Å². The molecule has 6 heteroatoms. The first-order valence-corrected chi connectivity index (χ1v) is 10.2. The zero-order valence-electron chi connectivity index (χ0n) is 14.1. The van der Waals surface area contributed by atoms with Gasteiger partial charge in [0.2, 0.25) is 5.95 Å². The van der Waals surface area contributed by atoms with Gasteiger partial charge in [0.25, 0.3) is 0 Å². The van der Waals surface area contributed by atoms with E-state index < -0.39 is 5.60 Å². The van der Waals surface area contributed by atoms with Crippen molar-refractivity contribution in [3.8, 4) is 0 Å². The topological polar surface area (TPSA) is 54.2 Å². The molecular weight excluding hydrogens is 308 g/mol. The van der Waals surface area contributed by atoms with Gasteiger partial charge in [-0.05, 0) is 57.3 Å². The van der Waals surface area contributed by atoms with Crippen LogP contribution in [0.1, 0.15) is 64.3 Å². The van der Waals surface area contributed by atoms with Crippen molar-refractivity contribution >= 4 is 17.7 Å². The SMILES string of the molecule is CC1CCC(O)(CSc2nnc(N3CCCC3)n2C2CC2)CC1. The van der Waals surface area contributed by atoms with Crippen LogP contribution in [0.3, 0.4) is 0 Å². The lowest BCUT2D eigenvalue weighted by Crippen LogP contribution is -2.36. The number of aromatic nitrogens is 3. The Morgan fingerprint density at radius 1 is 1.13 bits per heavy atom. The number of nitrogens with zero attached hydrogens (tertiary/aromatic N) is 4. The third-order valence-corrected chi connectivity index (χ3v) is 6.84. The second-order valence-electron chi connectivity index (χ2n) is 7.77. The summed E-state index contributed by atoms with van der Waals surface area (Å²) in [6.45, 7) is 4.51. The molecule has 0 amide bonds. The van der Waals surface area contributed by atoms with Gasteiger partial charge in [0.05, 0.1) is 5.60 Å². The predicted molar refractivity (Wildman–Crippen MR) is 93.0 cm³/mol. The van der Waals surface area contributed by atoms with Crippen molar-refractivity contribution in [3.63, 3.8) is 0 Å². The van der Waals surface area contributed by atoms with Gasteiger partial charge in [-0.2, -0.15) is 0 Å². The van der Waals surface area contributed by atoms with E-state index in [2.05, 4.69) is 26.6 Å². The Hall–Kier alpha value is -0.750. The third kappa shape index (κ3) is 3.38. The number of rotatable bonds is 5. The summed E-state index contributed by atoms with van der Waals surface area (Å²) >= 11 is 1.71. The molecule has 2 heterocycles. The number of anilines is 1. The minimum absolute atomic E-state index is 0.509. The molecule has 1 saturated heterocycles. The van der Waals surface area contributed by atoms with Crippen LogP contribution in [0.5, 0.6) is 0 Å². The number of thioether (sulfide) groups is 1. The predicted octanol–water partition coefficient (Wildman–Crippen LogP) is 3.25. The molecule has 2 saturated carbocycles. The lowest BCUT2D eigenvalue weighted by molar-refractivity contribution is 0.0149. The van der Waals surface area contributed by atoms with Crippen molar-refractivity contribution in [3.05, 3.63) is 0 Å². The molecule has 1 aliphatic heterocycles. The Balaban J connectivity index is 1.46. The largest absolute Gasteiger partial charge is 0.389 e. The minimum Gasteiger partial charge on any atom is -0.389 e. The van der Waals surface area contributed by atoms with Crippen molar-refractivity contribution in [1.82, 2.24) is 14.8 Å². The average molecular weight is 337 g/mol. The maximum Gasteiger partial charge on any atom is 0.228 e. The Morgan fingerprint density at radius 2 is 1.83 bits per heavy atom. The van der Waals surface area contributed by atoms with E-state index >= 15 is 0 Å². The number of hydrogen-bond acceptors (Lipinski definition) is 5. The van der Waals surface area contributed by atoms with Gasteiger partial charge in [-0.3, -0.25) is 4.57 Å². The van der Waals surface area contributed by atoms with Gasteiger partial charge in [-0.1, -0.05) is 18.7 Å². The molecule has 0 bridgehead atoms. The molecule has 1 aromatic heterocycles. The summed E-state index contributed by atoms with van der Waals surface area (Å²) < 4.78 is 2.35. The highest BCUT2D eigenvalue weighted by Crippen LogP contribution is 2.43. The van der Waals surface area contributed by atoms with E-state index in [4.69, 9.17) is 0 Å². The second-order valence-corrected chi connectivity index (χ2v) is 8.72. The first-order chi connectivity index (χ1) is 11.1. The van der Waals surface area contributed by atoms with Crippen LogP contribution in [0.2, 0.25) is 0 Å². The molecule has 0 radical (unpaired) electrons. The van der Waals surface area contributed by atoms with E-state index in [0.29, 0.717) is 6.04 Å². The number of hydrogen-bond donors (Lipinski definition) is 1. The second kappa shape index (κ2) is 6.28. The Kier molecular flexibility index (Phi) is 4.30. The standard InChI is InChI=1S/C17H28N4OS/c1-13-6-8-17(22,9-7-13)12-23-16-19-18-15(20-10-2-3-11-20)21(16)14-4-5-14/h13-14,22H,2-12H2,1H3. The first-order valence-electron chi connectivity index (χ1n) is 9.20. The summed E-state index contributed by atoms with van der Waals surface area (Å²) in [7, 11) is 0. The van der Waals surface area contributed by atoms with Crippen LogP contribution in [0.15, 0.2) is 5.16 Å². The van der Waals surface area contributed by atoms with E-state index in [-0.39, 0.29) is 0 Å². The molecule has 0 atom stereocenters.